The van der Waals surface area contributed by atoms with Crippen molar-refractivity contribution in [3.05, 3.63) is 90.0 Å². The van der Waals surface area contributed by atoms with Crippen molar-refractivity contribution in [1.82, 2.24) is 0 Å². The summed E-state index contributed by atoms with van der Waals surface area (Å²) in [4.78, 5) is 2.33. The van der Waals surface area contributed by atoms with Crippen molar-refractivity contribution in [2.75, 3.05) is 18.0 Å². The monoisotopic (exact) mass is 315 g/mol. The summed E-state index contributed by atoms with van der Waals surface area (Å²) >= 11 is 0. The Labute approximate surface area is 145 Å². The van der Waals surface area contributed by atoms with Gasteiger partial charge in [0.2, 0.25) is 0 Å². The van der Waals surface area contributed by atoms with E-state index in [-0.39, 0.29) is 0 Å². The van der Waals surface area contributed by atoms with Gasteiger partial charge in [0.05, 0.1) is 0 Å². The lowest BCUT2D eigenvalue weighted by Crippen LogP contribution is -2.21. The molecule has 0 saturated heterocycles. The highest BCUT2D eigenvalue weighted by Gasteiger charge is 2.15. The number of benzene rings is 3. The van der Waals surface area contributed by atoms with E-state index in [2.05, 4.69) is 91.5 Å². The highest BCUT2D eigenvalue weighted by Crippen LogP contribution is 2.35. The number of hydrogen-bond acceptors (Lipinski definition) is 1. The van der Waals surface area contributed by atoms with Gasteiger partial charge in [0.1, 0.15) is 0 Å². The van der Waals surface area contributed by atoms with E-state index in [9.17, 15) is 0 Å². The number of nitrogens with zero attached hydrogens (tertiary/aromatic N) is 1. The molecule has 4 rings (SSSR count). The van der Waals surface area contributed by atoms with Crippen molar-refractivity contribution in [1.29, 1.82) is 0 Å². The van der Waals surface area contributed by atoms with Crippen LogP contribution in [0, 0.1) is 0 Å². The molecule has 3 aromatic carbocycles. The molecule has 122 valence electrons. The molecule has 0 atom stereocenters. The van der Waals surface area contributed by atoms with Gasteiger partial charge < -0.3 is 4.90 Å². The normalized spacial score (nSPS) is 11.1. The Hall–Kier alpha value is -2.54. The molecule has 0 N–H and O–H groups in total. The van der Waals surface area contributed by atoms with E-state index in [0.717, 1.165) is 19.5 Å². The number of hydrogen-bond donors (Lipinski definition) is 0. The van der Waals surface area contributed by atoms with E-state index < -0.39 is 0 Å². The van der Waals surface area contributed by atoms with Gasteiger partial charge in [-0.25, -0.2) is 0 Å². The van der Waals surface area contributed by atoms with Crippen LogP contribution < -0.4 is 4.90 Å². The van der Waals surface area contributed by atoms with E-state index in [1.54, 1.807) is 0 Å². The van der Waals surface area contributed by atoms with Gasteiger partial charge in [0.25, 0.3) is 0 Å². The summed E-state index contributed by atoms with van der Waals surface area (Å²) in [5.41, 5.74) is 7.07. The quantitative estimate of drug-likeness (QED) is 0.462. The zero-order chi connectivity index (χ0) is 16.8. The molecule has 1 aliphatic rings. The fourth-order valence-corrected chi connectivity index (χ4v) is 3.31. The van der Waals surface area contributed by atoms with Crippen molar-refractivity contribution in [3.8, 4) is 11.1 Å². The molecule has 24 heavy (non-hydrogen) atoms. The Bertz CT molecular complexity index is 729. The first-order chi connectivity index (χ1) is 11.8. The molecule has 0 unspecified atom stereocenters. The van der Waals surface area contributed by atoms with E-state index in [1.165, 1.54) is 27.9 Å². The smallest absolute Gasteiger partial charge is 0.0365 e. The summed E-state index contributed by atoms with van der Waals surface area (Å²) in [5.74, 6) is 0. The van der Waals surface area contributed by atoms with Crippen molar-refractivity contribution < 1.29 is 0 Å². The summed E-state index contributed by atoms with van der Waals surface area (Å²) in [6.07, 6.45) is 1.10. The molecule has 1 aliphatic carbocycles. The molecule has 0 spiro atoms. The second kappa shape index (κ2) is 7.83. The molecule has 0 bridgehead atoms. The van der Waals surface area contributed by atoms with Crippen LogP contribution in [0.25, 0.3) is 11.1 Å². The highest BCUT2D eigenvalue weighted by atomic mass is 15.1. The Balaban J connectivity index is 0.000000144. The van der Waals surface area contributed by atoms with E-state index in [1.807, 2.05) is 6.07 Å². The molecular formula is C23H25N. The zero-order valence-corrected chi connectivity index (χ0v) is 14.6. The van der Waals surface area contributed by atoms with Gasteiger partial charge in [-0.15, -0.1) is 0 Å². The average Bonchev–Trinajstić information content (AvgIpc) is 3.03. The van der Waals surface area contributed by atoms with E-state index in [0.29, 0.717) is 0 Å². The second-order valence-corrected chi connectivity index (χ2v) is 6.00. The molecule has 3 aromatic rings. The van der Waals surface area contributed by atoms with Crippen LogP contribution in [-0.4, -0.2) is 13.1 Å². The first kappa shape index (κ1) is 16.3. The minimum atomic E-state index is 1.08. The summed E-state index contributed by atoms with van der Waals surface area (Å²) in [5, 5.41) is 0. The number of fused-ring (bicyclic) bond motifs is 3. The fourth-order valence-electron chi connectivity index (χ4n) is 3.31. The topological polar surface area (TPSA) is 3.24 Å². The molecule has 0 aliphatic heterocycles. The summed E-state index contributed by atoms with van der Waals surface area (Å²) < 4.78 is 0. The van der Waals surface area contributed by atoms with Crippen LogP contribution in [0.4, 0.5) is 5.69 Å². The minimum absolute atomic E-state index is 1.08. The summed E-state index contributed by atoms with van der Waals surface area (Å²) in [6.45, 7) is 6.52. The molecular weight excluding hydrogens is 290 g/mol. The van der Waals surface area contributed by atoms with E-state index in [4.69, 9.17) is 0 Å². The Morgan fingerprint density at radius 3 is 1.58 bits per heavy atom. The molecule has 1 heteroatoms. The van der Waals surface area contributed by atoms with Crippen molar-refractivity contribution >= 4 is 5.69 Å². The third kappa shape index (κ3) is 3.51. The van der Waals surface area contributed by atoms with Gasteiger partial charge in [-0.3, -0.25) is 0 Å². The highest BCUT2D eigenvalue weighted by molar-refractivity contribution is 5.76. The van der Waals surface area contributed by atoms with Crippen molar-refractivity contribution in [2.45, 2.75) is 20.3 Å². The zero-order valence-electron chi connectivity index (χ0n) is 14.6. The summed E-state index contributed by atoms with van der Waals surface area (Å²) in [7, 11) is 0. The Morgan fingerprint density at radius 1 is 0.625 bits per heavy atom. The molecule has 1 nitrogen and oxygen atoms in total. The number of anilines is 1. The minimum Gasteiger partial charge on any atom is -0.372 e. The van der Waals surface area contributed by atoms with Crippen LogP contribution in [0.15, 0.2) is 78.9 Å². The molecule has 0 saturated carbocycles. The number of para-hydroxylation sites is 1. The third-order valence-corrected chi connectivity index (χ3v) is 4.59. The predicted molar refractivity (Wildman–Crippen MR) is 105 cm³/mol. The SMILES string of the molecule is CCN(CC)c1ccccc1.c1ccc2c(c1)Cc1ccccc1-2. The van der Waals surface area contributed by atoms with Crippen LogP contribution in [0.2, 0.25) is 0 Å². The fraction of sp³-hybridized carbons (Fsp3) is 0.217. The van der Waals surface area contributed by atoms with Crippen LogP contribution in [0.1, 0.15) is 25.0 Å². The van der Waals surface area contributed by atoms with Crippen LogP contribution in [0.3, 0.4) is 0 Å². The largest absolute Gasteiger partial charge is 0.372 e. The standard InChI is InChI=1S/C13H10.C10H15N/c1-3-7-12-10(5-1)9-11-6-2-4-8-13(11)12;1-3-11(4-2)10-8-6-5-7-9-10/h1-8H,9H2;5-9H,3-4H2,1-2H3. The molecule has 0 radical (unpaired) electrons. The molecule has 0 aromatic heterocycles. The van der Waals surface area contributed by atoms with Crippen molar-refractivity contribution in [3.63, 3.8) is 0 Å². The second-order valence-electron chi connectivity index (χ2n) is 6.00. The van der Waals surface area contributed by atoms with Gasteiger partial charge in [-0.2, -0.15) is 0 Å². The van der Waals surface area contributed by atoms with Gasteiger partial charge in [0.15, 0.2) is 0 Å². The lowest BCUT2D eigenvalue weighted by molar-refractivity contribution is 0.866. The molecule has 0 heterocycles. The first-order valence-electron chi connectivity index (χ1n) is 8.79. The van der Waals surface area contributed by atoms with Gasteiger partial charge in [-0.1, -0.05) is 66.7 Å². The summed E-state index contributed by atoms with van der Waals surface area (Å²) in [6, 6.07) is 27.8. The lowest BCUT2D eigenvalue weighted by Gasteiger charge is -2.20. The molecule has 0 fully saturated rings. The molecule has 0 amide bonds. The average molecular weight is 315 g/mol. The van der Waals surface area contributed by atoms with Gasteiger partial charge >= 0.3 is 0 Å². The Kier molecular flexibility index (Phi) is 5.32. The lowest BCUT2D eigenvalue weighted by atomic mass is 10.1. The maximum absolute atomic E-state index is 2.33. The van der Waals surface area contributed by atoms with Crippen LogP contribution in [0.5, 0.6) is 0 Å². The van der Waals surface area contributed by atoms with E-state index >= 15 is 0 Å². The third-order valence-electron chi connectivity index (χ3n) is 4.59. The first-order valence-corrected chi connectivity index (χ1v) is 8.79. The predicted octanol–water partition coefficient (Wildman–Crippen LogP) is 5.79. The van der Waals surface area contributed by atoms with Gasteiger partial charge in [-0.05, 0) is 54.7 Å². The maximum atomic E-state index is 2.33. The van der Waals surface area contributed by atoms with Crippen molar-refractivity contribution in [2.24, 2.45) is 0 Å². The Morgan fingerprint density at radius 2 is 1.08 bits per heavy atom. The van der Waals surface area contributed by atoms with Crippen LogP contribution in [-0.2, 0) is 6.42 Å². The maximum Gasteiger partial charge on any atom is 0.0365 e. The van der Waals surface area contributed by atoms with Gasteiger partial charge in [0, 0.05) is 18.8 Å². The number of rotatable bonds is 3. The van der Waals surface area contributed by atoms with Crippen LogP contribution >= 0.6 is 0 Å².